The summed E-state index contributed by atoms with van der Waals surface area (Å²) in [5, 5.41) is 22.7. The van der Waals surface area contributed by atoms with Crippen molar-refractivity contribution in [2.75, 3.05) is 12.3 Å². The number of nitrogens with one attached hydrogen (secondary N) is 1. The second-order valence-electron chi connectivity index (χ2n) is 4.43. The summed E-state index contributed by atoms with van der Waals surface area (Å²) in [7, 11) is 0. The number of rotatable bonds is 8. The van der Waals surface area contributed by atoms with Crippen LogP contribution in [0, 0.1) is 6.92 Å². The predicted octanol–water partition coefficient (Wildman–Crippen LogP) is 2.71. The Morgan fingerprint density at radius 1 is 1.50 bits per heavy atom. The number of carbonyl (C=O) groups is 1. The molecule has 0 fully saturated rings. The molecular weight excluding hydrogens is 338 g/mol. The molecule has 0 aliphatic heterocycles. The van der Waals surface area contributed by atoms with E-state index in [0.29, 0.717) is 6.54 Å². The van der Waals surface area contributed by atoms with Gasteiger partial charge < -0.3 is 10.4 Å². The Kier molecular flexibility index (Phi) is 7.04. The second-order valence-corrected chi connectivity index (χ2v) is 7.90. The third kappa shape index (κ3) is 5.88. The molecule has 0 radical (unpaired) electrons. The average Bonchev–Trinajstić information content (AvgIpc) is 3.13. The highest BCUT2D eigenvalue weighted by molar-refractivity contribution is 8.01. The maximum absolute atomic E-state index is 11.7. The molecule has 2 heterocycles. The molecule has 0 bridgehead atoms. The van der Waals surface area contributed by atoms with Gasteiger partial charge in [-0.05, 0) is 36.4 Å². The quantitative estimate of drug-likeness (QED) is 0.433. The number of aryl methyl sites for hydroxylation is 1. The third-order valence-corrected chi connectivity index (χ3v) is 5.61. The lowest BCUT2D eigenvalue weighted by Gasteiger charge is -2.00. The molecule has 2 aromatic rings. The Bertz CT molecular complexity index is 637. The molecule has 2 N–H and O–H groups in total. The SMILES string of the molecule is Cc1nnc(SCCCNC(=O)C=Cc2cc(CO)cs2)s1. The van der Waals surface area contributed by atoms with Crippen molar-refractivity contribution in [2.45, 2.75) is 24.3 Å². The van der Waals surface area contributed by atoms with Crippen LogP contribution in [0.3, 0.4) is 0 Å². The van der Waals surface area contributed by atoms with Gasteiger partial charge in [-0.25, -0.2) is 0 Å². The van der Waals surface area contributed by atoms with Gasteiger partial charge in [-0.3, -0.25) is 4.79 Å². The fourth-order valence-electron chi connectivity index (χ4n) is 1.56. The number of nitrogens with zero attached hydrogens (tertiary/aromatic N) is 2. The van der Waals surface area contributed by atoms with Crippen molar-refractivity contribution in [3.8, 4) is 0 Å². The van der Waals surface area contributed by atoms with Gasteiger partial charge in [-0.1, -0.05) is 23.1 Å². The fraction of sp³-hybridized carbons (Fsp3) is 0.357. The number of carbonyl (C=O) groups excluding carboxylic acids is 1. The summed E-state index contributed by atoms with van der Waals surface area (Å²) in [5.41, 5.74) is 0.869. The molecule has 22 heavy (non-hydrogen) atoms. The van der Waals surface area contributed by atoms with Crippen molar-refractivity contribution in [1.29, 1.82) is 0 Å². The number of thioether (sulfide) groups is 1. The zero-order valence-corrected chi connectivity index (χ0v) is 14.6. The van der Waals surface area contributed by atoms with E-state index in [9.17, 15) is 4.79 Å². The van der Waals surface area contributed by atoms with Gasteiger partial charge in [-0.15, -0.1) is 21.5 Å². The highest BCUT2D eigenvalue weighted by atomic mass is 32.2. The number of hydrogen-bond acceptors (Lipinski definition) is 7. The summed E-state index contributed by atoms with van der Waals surface area (Å²) in [5.74, 6) is 0.805. The number of amides is 1. The molecule has 5 nitrogen and oxygen atoms in total. The molecule has 0 saturated carbocycles. The van der Waals surface area contributed by atoms with Crippen LogP contribution < -0.4 is 5.32 Å². The maximum Gasteiger partial charge on any atom is 0.244 e. The van der Waals surface area contributed by atoms with Crippen molar-refractivity contribution in [3.05, 3.63) is 33.0 Å². The Balaban J connectivity index is 1.61. The van der Waals surface area contributed by atoms with Gasteiger partial charge in [0, 0.05) is 23.3 Å². The largest absolute Gasteiger partial charge is 0.392 e. The Labute approximate surface area is 141 Å². The van der Waals surface area contributed by atoms with Crippen LogP contribution in [0.5, 0.6) is 0 Å². The summed E-state index contributed by atoms with van der Waals surface area (Å²) < 4.78 is 0.973. The van der Waals surface area contributed by atoms with Crippen LogP contribution in [-0.4, -0.2) is 33.5 Å². The van der Waals surface area contributed by atoms with Crippen LogP contribution in [0.15, 0.2) is 21.9 Å². The van der Waals surface area contributed by atoms with Crippen LogP contribution in [0.1, 0.15) is 21.9 Å². The number of hydrogen-bond donors (Lipinski definition) is 2. The van der Waals surface area contributed by atoms with Crippen molar-refractivity contribution in [2.24, 2.45) is 0 Å². The van der Waals surface area contributed by atoms with Crippen LogP contribution in [-0.2, 0) is 11.4 Å². The van der Waals surface area contributed by atoms with Crippen LogP contribution in [0.25, 0.3) is 6.08 Å². The van der Waals surface area contributed by atoms with Crippen LogP contribution in [0.4, 0.5) is 0 Å². The molecule has 118 valence electrons. The molecule has 0 unspecified atom stereocenters. The van der Waals surface area contributed by atoms with Crippen LogP contribution in [0.2, 0.25) is 0 Å². The number of aliphatic hydroxyl groups is 1. The lowest BCUT2D eigenvalue weighted by Crippen LogP contribution is -2.22. The van der Waals surface area contributed by atoms with Crippen molar-refractivity contribution < 1.29 is 9.90 Å². The van der Waals surface area contributed by atoms with Crippen molar-refractivity contribution >= 4 is 46.4 Å². The first kappa shape index (κ1) is 17.1. The smallest absolute Gasteiger partial charge is 0.244 e. The van der Waals surface area contributed by atoms with E-state index < -0.39 is 0 Å². The Morgan fingerprint density at radius 2 is 2.36 bits per heavy atom. The topological polar surface area (TPSA) is 75.1 Å². The second kappa shape index (κ2) is 9.04. The molecule has 0 aliphatic rings. The first-order chi connectivity index (χ1) is 10.7. The third-order valence-electron chi connectivity index (χ3n) is 2.61. The Morgan fingerprint density at radius 3 is 3.05 bits per heavy atom. The van der Waals surface area contributed by atoms with Gasteiger partial charge in [0.25, 0.3) is 0 Å². The minimum Gasteiger partial charge on any atom is -0.392 e. The first-order valence-corrected chi connectivity index (χ1v) is 9.42. The van der Waals surface area contributed by atoms with E-state index >= 15 is 0 Å². The Hall–Kier alpha value is -1.22. The highest BCUT2D eigenvalue weighted by Crippen LogP contribution is 2.22. The number of aromatic nitrogens is 2. The molecule has 2 aromatic heterocycles. The van der Waals surface area contributed by atoms with Gasteiger partial charge in [0.2, 0.25) is 5.91 Å². The van der Waals surface area contributed by atoms with E-state index in [2.05, 4.69) is 15.5 Å². The van der Waals surface area contributed by atoms with E-state index in [1.54, 1.807) is 29.2 Å². The average molecular weight is 356 g/mol. The zero-order chi connectivity index (χ0) is 15.8. The molecule has 8 heteroatoms. The normalized spacial score (nSPS) is 11.2. The minimum atomic E-state index is -0.101. The molecule has 0 aromatic carbocycles. The minimum absolute atomic E-state index is 0.0301. The fourth-order valence-corrected chi connectivity index (χ4v) is 4.18. The molecule has 1 amide bonds. The lowest BCUT2D eigenvalue weighted by atomic mass is 10.3. The first-order valence-electron chi connectivity index (χ1n) is 6.74. The number of thiophene rings is 1. The van der Waals surface area contributed by atoms with Gasteiger partial charge in [0.15, 0.2) is 4.34 Å². The maximum atomic E-state index is 11.7. The standard InChI is InChI=1S/C14H17N3O2S3/c1-10-16-17-14(22-10)20-6-2-5-15-13(19)4-3-12-7-11(8-18)9-21-12/h3-4,7,9,18H,2,5-6,8H2,1H3,(H,15,19). The monoisotopic (exact) mass is 355 g/mol. The van der Waals surface area contributed by atoms with E-state index in [-0.39, 0.29) is 12.5 Å². The van der Waals surface area contributed by atoms with Gasteiger partial charge in [-0.2, -0.15) is 0 Å². The molecule has 0 spiro atoms. The summed E-state index contributed by atoms with van der Waals surface area (Å²) in [4.78, 5) is 12.6. The molecule has 0 saturated heterocycles. The highest BCUT2D eigenvalue weighted by Gasteiger charge is 2.01. The summed E-state index contributed by atoms with van der Waals surface area (Å²) in [6.07, 6.45) is 4.17. The summed E-state index contributed by atoms with van der Waals surface area (Å²) in [6, 6.07) is 1.87. The van der Waals surface area contributed by atoms with Crippen molar-refractivity contribution in [1.82, 2.24) is 15.5 Å². The van der Waals surface area contributed by atoms with Gasteiger partial charge >= 0.3 is 0 Å². The van der Waals surface area contributed by atoms with Crippen molar-refractivity contribution in [3.63, 3.8) is 0 Å². The lowest BCUT2D eigenvalue weighted by molar-refractivity contribution is -0.116. The van der Waals surface area contributed by atoms with E-state index in [0.717, 1.165) is 32.0 Å². The van der Waals surface area contributed by atoms with E-state index in [1.165, 1.54) is 17.4 Å². The molecule has 0 atom stereocenters. The van der Waals surface area contributed by atoms with Gasteiger partial charge in [0.05, 0.1) is 6.61 Å². The molecule has 0 aliphatic carbocycles. The molecule has 2 rings (SSSR count). The summed E-state index contributed by atoms with van der Waals surface area (Å²) in [6.45, 7) is 2.61. The van der Waals surface area contributed by atoms with Crippen LogP contribution >= 0.6 is 34.4 Å². The van der Waals surface area contributed by atoms with E-state index in [1.807, 2.05) is 18.4 Å². The number of aliphatic hydroxyl groups excluding tert-OH is 1. The molecular formula is C14H17N3O2S3. The van der Waals surface area contributed by atoms with E-state index in [4.69, 9.17) is 5.11 Å². The summed E-state index contributed by atoms with van der Waals surface area (Å²) >= 11 is 4.76. The van der Waals surface area contributed by atoms with Gasteiger partial charge in [0.1, 0.15) is 5.01 Å². The predicted molar refractivity (Wildman–Crippen MR) is 92.3 cm³/mol. The zero-order valence-electron chi connectivity index (χ0n) is 12.1.